The van der Waals surface area contributed by atoms with E-state index in [0.717, 1.165) is 16.3 Å². The number of methoxy groups -OCH3 is 1. The molecule has 0 saturated carbocycles. The predicted molar refractivity (Wildman–Crippen MR) is 90.4 cm³/mol. The van der Waals surface area contributed by atoms with E-state index in [1.807, 2.05) is 36.4 Å². The maximum atomic E-state index is 13.4. The molecule has 0 radical (unpaired) electrons. The smallest absolute Gasteiger partial charge is 0.126 e. The van der Waals surface area contributed by atoms with Gasteiger partial charge >= 0.3 is 0 Å². The molecule has 23 heavy (non-hydrogen) atoms. The standard InChI is InChI=1S/C20H14FNO/c1-23-20-10-9-14-5-2-3-8-18(14)19(20)12-16(13-22)15-6-4-7-17(21)11-15/h2-12H,1H3/b16-12+. The third-order valence-electron chi connectivity index (χ3n) is 3.70. The van der Waals surface area contributed by atoms with Gasteiger partial charge in [0, 0.05) is 5.56 Å². The summed E-state index contributed by atoms with van der Waals surface area (Å²) in [5.41, 5.74) is 1.74. The molecule has 0 saturated heterocycles. The quantitative estimate of drug-likeness (QED) is 0.501. The Bertz CT molecular complexity index is 938. The van der Waals surface area contributed by atoms with E-state index in [2.05, 4.69) is 6.07 Å². The summed E-state index contributed by atoms with van der Waals surface area (Å²) in [6, 6.07) is 19.9. The molecule has 3 rings (SSSR count). The van der Waals surface area contributed by atoms with Gasteiger partial charge in [-0.2, -0.15) is 5.26 Å². The summed E-state index contributed by atoms with van der Waals surface area (Å²) >= 11 is 0. The summed E-state index contributed by atoms with van der Waals surface area (Å²) in [4.78, 5) is 0. The van der Waals surface area contributed by atoms with Crippen LogP contribution in [-0.2, 0) is 0 Å². The second-order valence-corrected chi connectivity index (χ2v) is 5.08. The van der Waals surface area contributed by atoms with Crippen LogP contribution in [0.15, 0.2) is 60.7 Å². The van der Waals surface area contributed by atoms with E-state index in [0.29, 0.717) is 16.9 Å². The van der Waals surface area contributed by atoms with Gasteiger partial charge in [-0.3, -0.25) is 0 Å². The summed E-state index contributed by atoms with van der Waals surface area (Å²) in [5.74, 6) is 0.307. The van der Waals surface area contributed by atoms with Crippen molar-refractivity contribution in [2.24, 2.45) is 0 Å². The van der Waals surface area contributed by atoms with Crippen molar-refractivity contribution in [3.05, 3.63) is 77.6 Å². The number of fused-ring (bicyclic) bond motifs is 1. The maximum absolute atomic E-state index is 13.4. The van der Waals surface area contributed by atoms with Gasteiger partial charge < -0.3 is 4.74 Å². The minimum Gasteiger partial charge on any atom is -0.496 e. The van der Waals surface area contributed by atoms with Crippen LogP contribution in [0.4, 0.5) is 4.39 Å². The summed E-state index contributed by atoms with van der Waals surface area (Å²) in [5, 5.41) is 11.5. The van der Waals surface area contributed by atoms with E-state index >= 15 is 0 Å². The first-order valence-electron chi connectivity index (χ1n) is 7.16. The molecule has 0 aliphatic heterocycles. The van der Waals surface area contributed by atoms with Crippen LogP contribution in [0.3, 0.4) is 0 Å². The number of hydrogen-bond donors (Lipinski definition) is 0. The zero-order chi connectivity index (χ0) is 16.2. The van der Waals surface area contributed by atoms with Crippen molar-refractivity contribution in [3.63, 3.8) is 0 Å². The van der Waals surface area contributed by atoms with Gasteiger partial charge in [-0.05, 0) is 40.6 Å². The fraction of sp³-hybridized carbons (Fsp3) is 0.0500. The van der Waals surface area contributed by atoms with E-state index < -0.39 is 0 Å². The molecule has 3 aromatic carbocycles. The summed E-state index contributed by atoms with van der Waals surface area (Å²) in [6.07, 6.45) is 1.75. The minimum absolute atomic E-state index is 0.367. The van der Waals surface area contributed by atoms with Crippen molar-refractivity contribution in [1.82, 2.24) is 0 Å². The van der Waals surface area contributed by atoms with Crippen LogP contribution in [0.5, 0.6) is 5.75 Å². The van der Waals surface area contributed by atoms with E-state index in [-0.39, 0.29) is 5.82 Å². The molecule has 112 valence electrons. The molecule has 0 unspecified atom stereocenters. The van der Waals surface area contributed by atoms with Gasteiger partial charge in [0.2, 0.25) is 0 Å². The van der Waals surface area contributed by atoms with Gasteiger partial charge in [0.25, 0.3) is 0 Å². The highest BCUT2D eigenvalue weighted by molar-refractivity contribution is 6.00. The van der Waals surface area contributed by atoms with Gasteiger partial charge in [0.05, 0.1) is 18.8 Å². The van der Waals surface area contributed by atoms with Crippen molar-refractivity contribution in [2.45, 2.75) is 0 Å². The van der Waals surface area contributed by atoms with Crippen LogP contribution in [0.25, 0.3) is 22.4 Å². The lowest BCUT2D eigenvalue weighted by molar-refractivity contribution is 0.414. The molecule has 0 aromatic heterocycles. The van der Waals surface area contributed by atoms with Gasteiger partial charge in [-0.15, -0.1) is 0 Å². The number of nitrogens with zero attached hydrogens (tertiary/aromatic N) is 1. The first-order valence-corrected chi connectivity index (χ1v) is 7.16. The highest BCUT2D eigenvalue weighted by atomic mass is 19.1. The van der Waals surface area contributed by atoms with E-state index in [1.165, 1.54) is 12.1 Å². The normalized spacial score (nSPS) is 11.3. The molecule has 0 fully saturated rings. The zero-order valence-electron chi connectivity index (χ0n) is 12.6. The topological polar surface area (TPSA) is 33.0 Å². The number of benzene rings is 3. The monoisotopic (exact) mass is 303 g/mol. The highest BCUT2D eigenvalue weighted by Crippen LogP contribution is 2.31. The molecule has 2 nitrogen and oxygen atoms in total. The number of rotatable bonds is 3. The largest absolute Gasteiger partial charge is 0.496 e. The van der Waals surface area contributed by atoms with E-state index in [1.54, 1.807) is 25.3 Å². The Morgan fingerprint density at radius 1 is 1.09 bits per heavy atom. The molecule has 0 N–H and O–H groups in total. The van der Waals surface area contributed by atoms with Gasteiger partial charge in [0.15, 0.2) is 0 Å². The second-order valence-electron chi connectivity index (χ2n) is 5.08. The lowest BCUT2D eigenvalue weighted by Crippen LogP contribution is -1.90. The van der Waals surface area contributed by atoms with Gasteiger partial charge in [-0.25, -0.2) is 4.39 Å². The van der Waals surface area contributed by atoms with Gasteiger partial charge in [-0.1, -0.05) is 42.5 Å². The Morgan fingerprint density at radius 2 is 1.91 bits per heavy atom. The lowest BCUT2D eigenvalue weighted by Gasteiger charge is -2.10. The third-order valence-corrected chi connectivity index (χ3v) is 3.70. The molecule has 0 aliphatic rings. The molecular formula is C20H14FNO. The van der Waals surface area contributed by atoms with Crippen molar-refractivity contribution < 1.29 is 9.13 Å². The third kappa shape index (κ3) is 2.93. The van der Waals surface area contributed by atoms with E-state index in [9.17, 15) is 9.65 Å². The Kier molecular flexibility index (Phi) is 4.07. The first-order chi connectivity index (χ1) is 11.2. The van der Waals surface area contributed by atoms with Crippen LogP contribution in [0.2, 0.25) is 0 Å². The fourth-order valence-corrected chi connectivity index (χ4v) is 2.58. The lowest BCUT2D eigenvalue weighted by atomic mass is 9.98. The maximum Gasteiger partial charge on any atom is 0.126 e. The fourth-order valence-electron chi connectivity index (χ4n) is 2.58. The van der Waals surface area contributed by atoms with Crippen LogP contribution >= 0.6 is 0 Å². The van der Waals surface area contributed by atoms with Crippen molar-refractivity contribution >= 4 is 22.4 Å². The Morgan fingerprint density at radius 3 is 2.65 bits per heavy atom. The predicted octanol–water partition coefficient (Wildman–Crippen LogP) is 5.05. The summed E-state index contributed by atoms with van der Waals surface area (Å²) in [7, 11) is 1.59. The first kappa shape index (κ1) is 14.8. The van der Waals surface area contributed by atoms with E-state index in [4.69, 9.17) is 4.74 Å². The average molecular weight is 303 g/mol. The Balaban J connectivity index is 2.24. The van der Waals surface area contributed by atoms with Crippen LogP contribution in [-0.4, -0.2) is 7.11 Å². The van der Waals surface area contributed by atoms with Crippen LogP contribution in [0, 0.1) is 17.1 Å². The van der Waals surface area contributed by atoms with Crippen LogP contribution < -0.4 is 4.74 Å². The molecule has 3 heteroatoms. The van der Waals surface area contributed by atoms with Crippen LogP contribution in [0.1, 0.15) is 11.1 Å². The van der Waals surface area contributed by atoms with Crippen molar-refractivity contribution in [3.8, 4) is 11.8 Å². The molecule has 0 bridgehead atoms. The SMILES string of the molecule is COc1ccc2ccccc2c1/C=C(\C#N)c1cccc(F)c1. The minimum atomic E-state index is -0.367. The zero-order valence-corrected chi connectivity index (χ0v) is 12.6. The van der Waals surface area contributed by atoms with Crippen molar-refractivity contribution in [1.29, 1.82) is 5.26 Å². The Labute approximate surface area is 134 Å². The molecular weight excluding hydrogens is 289 g/mol. The molecule has 0 atom stereocenters. The second kappa shape index (κ2) is 6.33. The molecule has 0 amide bonds. The highest BCUT2D eigenvalue weighted by Gasteiger charge is 2.09. The van der Waals surface area contributed by atoms with Crippen molar-refractivity contribution in [2.75, 3.05) is 7.11 Å². The molecule has 0 aliphatic carbocycles. The number of ether oxygens (including phenoxy) is 1. The molecule has 0 spiro atoms. The average Bonchev–Trinajstić information content (AvgIpc) is 2.59. The number of nitriles is 1. The number of hydrogen-bond acceptors (Lipinski definition) is 2. The van der Waals surface area contributed by atoms with Gasteiger partial charge in [0.1, 0.15) is 11.6 Å². The summed E-state index contributed by atoms with van der Waals surface area (Å²) in [6.45, 7) is 0. The molecule has 0 heterocycles. The summed E-state index contributed by atoms with van der Waals surface area (Å²) < 4.78 is 18.9. The number of halogens is 1. The number of allylic oxidation sites excluding steroid dienone is 1. The molecule has 3 aromatic rings. The Hall–Kier alpha value is -3.12.